The molecule has 4 nitrogen and oxygen atoms in total. The number of carbonyl (C=O) groups excluding carboxylic acids is 2. The molecule has 0 saturated heterocycles. The van der Waals surface area contributed by atoms with Crippen molar-refractivity contribution in [3.8, 4) is 5.75 Å². The van der Waals surface area contributed by atoms with Crippen LogP contribution in [0.25, 0.3) is 0 Å². The van der Waals surface area contributed by atoms with E-state index in [0.29, 0.717) is 11.3 Å². The second-order valence-electron chi connectivity index (χ2n) is 4.85. The van der Waals surface area contributed by atoms with Crippen LogP contribution in [0, 0.1) is 6.92 Å². The van der Waals surface area contributed by atoms with Gasteiger partial charge in [-0.15, -0.1) is 0 Å². The fourth-order valence-corrected chi connectivity index (χ4v) is 1.97. The summed E-state index contributed by atoms with van der Waals surface area (Å²) in [5.41, 5.74) is 7.21. The predicted molar refractivity (Wildman–Crippen MR) is 80.6 cm³/mol. The molecule has 4 heteroatoms. The number of ether oxygens (including phenoxy) is 1. The Bertz CT molecular complexity index is 662. The van der Waals surface area contributed by atoms with Crippen molar-refractivity contribution >= 4 is 11.7 Å². The smallest absolute Gasteiger partial charge is 0.252 e. The minimum atomic E-state index is -0.701. The third-order valence-corrected chi connectivity index (χ3v) is 3.16. The van der Waals surface area contributed by atoms with Gasteiger partial charge in [0.1, 0.15) is 5.75 Å². The van der Waals surface area contributed by atoms with Crippen LogP contribution in [0.3, 0.4) is 0 Å². The number of primary amides is 1. The van der Waals surface area contributed by atoms with Crippen LogP contribution >= 0.6 is 0 Å². The van der Waals surface area contributed by atoms with Crippen molar-refractivity contribution in [3.05, 3.63) is 65.2 Å². The molecule has 0 radical (unpaired) electrons. The summed E-state index contributed by atoms with van der Waals surface area (Å²) >= 11 is 0. The molecule has 108 valence electrons. The number of hydrogen-bond donors (Lipinski definition) is 1. The minimum Gasteiger partial charge on any atom is -0.482 e. The van der Waals surface area contributed by atoms with E-state index in [9.17, 15) is 9.59 Å². The van der Waals surface area contributed by atoms with Gasteiger partial charge in [-0.1, -0.05) is 42.0 Å². The van der Waals surface area contributed by atoms with Gasteiger partial charge in [-0.25, -0.2) is 0 Å². The number of amides is 1. The van der Waals surface area contributed by atoms with Gasteiger partial charge in [-0.05, 0) is 26.0 Å². The summed E-state index contributed by atoms with van der Waals surface area (Å²) in [4.78, 5) is 23.6. The van der Waals surface area contributed by atoms with Gasteiger partial charge in [0, 0.05) is 5.56 Å². The Labute approximate surface area is 123 Å². The normalized spacial score (nSPS) is 11.7. The molecule has 2 rings (SSSR count). The Balaban J connectivity index is 2.18. The maximum absolute atomic E-state index is 12.3. The molecule has 0 bridgehead atoms. The topological polar surface area (TPSA) is 69.4 Å². The molecular weight excluding hydrogens is 266 g/mol. The van der Waals surface area contributed by atoms with Crippen molar-refractivity contribution in [1.82, 2.24) is 0 Å². The van der Waals surface area contributed by atoms with E-state index in [2.05, 4.69) is 0 Å². The van der Waals surface area contributed by atoms with Gasteiger partial charge in [0.15, 0.2) is 6.10 Å². The summed E-state index contributed by atoms with van der Waals surface area (Å²) in [6, 6.07) is 13.9. The van der Waals surface area contributed by atoms with E-state index >= 15 is 0 Å². The number of ketones is 1. The van der Waals surface area contributed by atoms with E-state index in [0.717, 1.165) is 5.56 Å². The summed E-state index contributed by atoms with van der Waals surface area (Å²) in [6.07, 6.45) is -0.701. The van der Waals surface area contributed by atoms with Gasteiger partial charge >= 0.3 is 0 Å². The number of rotatable bonds is 5. The lowest BCUT2D eigenvalue weighted by atomic mass is 10.1. The first-order valence-corrected chi connectivity index (χ1v) is 6.65. The van der Waals surface area contributed by atoms with Gasteiger partial charge in [-0.3, -0.25) is 9.59 Å². The summed E-state index contributed by atoms with van der Waals surface area (Å²) in [5.74, 6) is -0.409. The predicted octanol–water partition coefficient (Wildman–Crippen LogP) is 2.74. The quantitative estimate of drug-likeness (QED) is 0.858. The fraction of sp³-hybridized carbons (Fsp3) is 0.176. The average Bonchev–Trinajstić information content (AvgIpc) is 2.47. The highest BCUT2D eigenvalue weighted by Crippen LogP contribution is 2.20. The third kappa shape index (κ3) is 3.48. The first kappa shape index (κ1) is 14.8. The minimum absolute atomic E-state index is 0.144. The molecular formula is C17H17NO3. The molecule has 2 aromatic carbocycles. The van der Waals surface area contributed by atoms with Crippen molar-refractivity contribution in [2.45, 2.75) is 20.0 Å². The summed E-state index contributed by atoms with van der Waals surface area (Å²) in [6.45, 7) is 3.61. The van der Waals surface area contributed by atoms with Crippen molar-refractivity contribution in [2.24, 2.45) is 5.73 Å². The standard InChI is InChI=1S/C17H17NO3/c1-11-7-9-13(10-8-11)16(19)12(2)21-15-6-4-3-5-14(15)17(18)20/h3-10,12H,1-2H3,(H2,18,20). The Hall–Kier alpha value is -2.62. The second kappa shape index (κ2) is 6.22. The molecule has 0 aliphatic rings. The van der Waals surface area contributed by atoms with Crippen molar-refractivity contribution in [1.29, 1.82) is 0 Å². The van der Waals surface area contributed by atoms with E-state index in [1.807, 2.05) is 19.1 Å². The van der Waals surface area contributed by atoms with Crippen molar-refractivity contribution < 1.29 is 14.3 Å². The molecule has 2 N–H and O–H groups in total. The lowest BCUT2D eigenvalue weighted by Gasteiger charge is -2.15. The van der Waals surface area contributed by atoms with Crippen LogP contribution in [0.15, 0.2) is 48.5 Å². The number of aryl methyl sites for hydroxylation is 1. The molecule has 0 saturated carbocycles. The molecule has 0 aliphatic carbocycles. The first-order valence-electron chi connectivity index (χ1n) is 6.65. The number of hydrogen-bond acceptors (Lipinski definition) is 3. The van der Waals surface area contributed by atoms with Crippen molar-refractivity contribution in [2.75, 3.05) is 0 Å². The molecule has 0 heterocycles. The maximum Gasteiger partial charge on any atom is 0.252 e. The number of benzene rings is 2. The third-order valence-electron chi connectivity index (χ3n) is 3.16. The number of Topliss-reactive ketones (excluding diaryl/α,β-unsaturated/α-hetero) is 1. The molecule has 21 heavy (non-hydrogen) atoms. The highest BCUT2D eigenvalue weighted by molar-refractivity contribution is 6.00. The van der Waals surface area contributed by atoms with E-state index in [4.69, 9.17) is 10.5 Å². The SMILES string of the molecule is Cc1ccc(C(=O)C(C)Oc2ccccc2C(N)=O)cc1. The molecule has 1 unspecified atom stereocenters. The Morgan fingerprint density at radius 1 is 1.05 bits per heavy atom. The molecule has 0 aliphatic heterocycles. The van der Waals surface area contributed by atoms with Crippen LogP contribution in [-0.2, 0) is 0 Å². The fourth-order valence-electron chi connectivity index (χ4n) is 1.97. The Morgan fingerprint density at radius 2 is 1.67 bits per heavy atom. The molecule has 0 spiro atoms. The zero-order valence-corrected chi connectivity index (χ0v) is 12.0. The summed E-state index contributed by atoms with van der Waals surface area (Å²) in [7, 11) is 0. The molecule has 1 amide bonds. The number of nitrogens with two attached hydrogens (primary N) is 1. The Morgan fingerprint density at radius 3 is 2.29 bits per heavy atom. The van der Waals surface area contributed by atoms with Crippen LogP contribution in [-0.4, -0.2) is 17.8 Å². The van der Waals surface area contributed by atoms with E-state index in [1.54, 1.807) is 43.3 Å². The lowest BCUT2D eigenvalue weighted by molar-refractivity contribution is 0.0811. The molecule has 2 aromatic rings. The van der Waals surface area contributed by atoms with E-state index < -0.39 is 12.0 Å². The Kier molecular flexibility index (Phi) is 4.38. The average molecular weight is 283 g/mol. The molecule has 1 atom stereocenters. The maximum atomic E-state index is 12.3. The first-order chi connectivity index (χ1) is 9.99. The van der Waals surface area contributed by atoms with Gasteiger partial charge in [0.2, 0.25) is 5.78 Å². The summed E-state index contributed by atoms with van der Waals surface area (Å²) < 4.78 is 5.60. The zero-order chi connectivity index (χ0) is 15.4. The van der Waals surface area contributed by atoms with Crippen molar-refractivity contribution in [3.63, 3.8) is 0 Å². The largest absolute Gasteiger partial charge is 0.482 e. The highest BCUT2D eigenvalue weighted by Gasteiger charge is 2.19. The van der Waals surface area contributed by atoms with E-state index in [-0.39, 0.29) is 11.3 Å². The van der Waals surface area contributed by atoms with Gasteiger partial charge in [0.25, 0.3) is 5.91 Å². The zero-order valence-electron chi connectivity index (χ0n) is 12.0. The second-order valence-corrected chi connectivity index (χ2v) is 4.85. The van der Waals surface area contributed by atoms with Crippen LogP contribution in [0.2, 0.25) is 0 Å². The summed E-state index contributed by atoms with van der Waals surface area (Å²) in [5, 5.41) is 0. The van der Waals surface area contributed by atoms with Gasteiger partial charge in [0.05, 0.1) is 5.56 Å². The molecule has 0 fully saturated rings. The van der Waals surface area contributed by atoms with E-state index in [1.165, 1.54) is 0 Å². The number of para-hydroxylation sites is 1. The van der Waals surface area contributed by atoms with Crippen LogP contribution < -0.4 is 10.5 Å². The number of carbonyl (C=O) groups is 2. The van der Waals surface area contributed by atoms with Crippen LogP contribution in [0.4, 0.5) is 0 Å². The highest BCUT2D eigenvalue weighted by atomic mass is 16.5. The van der Waals surface area contributed by atoms with Gasteiger partial charge < -0.3 is 10.5 Å². The lowest BCUT2D eigenvalue weighted by Crippen LogP contribution is -2.25. The van der Waals surface area contributed by atoms with Crippen LogP contribution in [0.1, 0.15) is 33.2 Å². The van der Waals surface area contributed by atoms with Gasteiger partial charge in [-0.2, -0.15) is 0 Å². The molecule has 0 aromatic heterocycles. The monoisotopic (exact) mass is 283 g/mol. The van der Waals surface area contributed by atoms with Crippen LogP contribution in [0.5, 0.6) is 5.75 Å².